The molecule has 0 aromatic rings. The molecule has 2 atom stereocenters. The molecule has 0 fully saturated rings. The van der Waals surface area contributed by atoms with Crippen LogP contribution >= 0.6 is 11.6 Å². The van der Waals surface area contributed by atoms with Crippen LogP contribution in [-0.4, -0.2) is 12.2 Å². The molecule has 0 bridgehead atoms. The predicted molar refractivity (Wildman–Crippen MR) is 73.0 cm³/mol. The van der Waals surface area contributed by atoms with Crippen LogP contribution in [0.3, 0.4) is 0 Å². The highest BCUT2D eigenvalue weighted by molar-refractivity contribution is 6.19. The van der Waals surface area contributed by atoms with Crippen molar-refractivity contribution in [2.45, 2.75) is 77.7 Å². The van der Waals surface area contributed by atoms with Gasteiger partial charge in [-0.25, -0.2) is 0 Å². The number of ether oxygens (including phenoxy) is 1. The van der Waals surface area contributed by atoms with E-state index in [4.69, 9.17) is 16.3 Å². The third kappa shape index (κ3) is 9.47. The van der Waals surface area contributed by atoms with Gasteiger partial charge in [0.05, 0.1) is 0 Å². The van der Waals surface area contributed by atoms with Crippen molar-refractivity contribution in [1.29, 1.82) is 0 Å². The first-order valence-electron chi connectivity index (χ1n) is 6.98. The van der Waals surface area contributed by atoms with Gasteiger partial charge in [0.15, 0.2) is 0 Å². The molecular formula is C14H29ClO. The summed E-state index contributed by atoms with van der Waals surface area (Å²) in [6.45, 7) is 7.37. The van der Waals surface area contributed by atoms with Crippen LogP contribution in [0.1, 0.15) is 72.1 Å². The quantitative estimate of drug-likeness (QED) is 0.353. The Morgan fingerprint density at radius 1 is 0.938 bits per heavy atom. The zero-order valence-electron chi connectivity index (χ0n) is 11.3. The summed E-state index contributed by atoms with van der Waals surface area (Å²) >= 11 is 6.09. The van der Waals surface area contributed by atoms with E-state index in [1.165, 1.54) is 38.5 Å². The summed E-state index contributed by atoms with van der Waals surface area (Å²) in [6.07, 6.45) is 10.4. The largest absolute Gasteiger partial charge is 0.362 e. The predicted octanol–water partition coefficient (Wildman–Crippen LogP) is 5.36. The highest BCUT2D eigenvalue weighted by Crippen LogP contribution is 2.16. The number of hydrogen-bond donors (Lipinski definition) is 0. The van der Waals surface area contributed by atoms with Gasteiger partial charge >= 0.3 is 0 Å². The molecule has 2 unspecified atom stereocenters. The smallest absolute Gasteiger partial charge is 0.133 e. The summed E-state index contributed by atoms with van der Waals surface area (Å²) in [6, 6.07) is 0. The summed E-state index contributed by atoms with van der Waals surface area (Å²) in [5.41, 5.74) is -0.0925. The Labute approximate surface area is 107 Å². The fourth-order valence-corrected chi connectivity index (χ4v) is 1.87. The van der Waals surface area contributed by atoms with Gasteiger partial charge in [-0.2, -0.15) is 0 Å². The third-order valence-corrected chi connectivity index (χ3v) is 3.67. The Bertz CT molecular complexity index is 139. The molecule has 0 aromatic carbocycles. The number of hydrogen-bond acceptors (Lipinski definition) is 1. The molecule has 0 saturated heterocycles. The molecule has 0 spiro atoms. The molecule has 0 radical (unpaired) electrons. The van der Waals surface area contributed by atoms with Crippen LogP contribution in [0.2, 0.25) is 0 Å². The summed E-state index contributed by atoms with van der Waals surface area (Å²) in [4.78, 5) is 0. The van der Waals surface area contributed by atoms with Crippen LogP contribution in [0.5, 0.6) is 0 Å². The van der Waals surface area contributed by atoms with Gasteiger partial charge in [0, 0.05) is 6.61 Å². The first-order chi connectivity index (χ1) is 7.72. The van der Waals surface area contributed by atoms with Gasteiger partial charge in [0.25, 0.3) is 0 Å². The molecule has 0 aliphatic carbocycles. The van der Waals surface area contributed by atoms with E-state index >= 15 is 0 Å². The maximum atomic E-state index is 6.09. The second kappa shape index (κ2) is 11.7. The average molecular weight is 249 g/mol. The van der Waals surface area contributed by atoms with Crippen LogP contribution in [0.25, 0.3) is 0 Å². The van der Waals surface area contributed by atoms with Gasteiger partial charge < -0.3 is 4.74 Å². The maximum absolute atomic E-state index is 6.09. The van der Waals surface area contributed by atoms with Crippen LogP contribution in [0.15, 0.2) is 0 Å². The van der Waals surface area contributed by atoms with E-state index in [-0.39, 0.29) is 5.56 Å². The monoisotopic (exact) mass is 248 g/mol. The van der Waals surface area contributed by atoms with E-state index in [9.17, 15) is 0 Å². The molecule has 0 saturated carbocycles. The fourth-order valence-electron chi connectivity index (χ4n) is 1.60. The van der Waals surface area contributed by atoms with Gasteiger partial charge in [0.2, 0.25) is 0 Å². The second-order valence-electron chi connectivity index (χ2n) is 4.73. The minimum Gasteiger partial charge on any atom is -0.362 e. The van der Waals surface area contributed by atoms with Crippen LogP contribution in [0, 0.1) is 5.92 Å². The first kappa shape index (κ1) is 16.2. The molecule has 98 valence electrons. The molecule has 2 heteroatoms. The molecule has 0 N–H and O–H groups in total. The van der Waals surface area contributed by atoms with Crippen molar-refractivity contribution in [3.05, 3.63) is 0 Å². The van der Waals surface area contributed by atoms with Crippen molar-refractivity contribution in [2.75, 3.05) is 6.61 Å². The van der Waals surface area contributed by atoms with Crippen molar-refractivity contribution < 1.29 is 4.74 Å². The Balaban J connectivity index is 3.14. The Kier molecular flexibility index (Phi) is 11.9. The summed E-state index contributed by atoms with van der Waals surface area (Å²) in [7, 11) is 0. The van der Waals surface area contributed by atoms with E-state index in [0.717, 1.165) is 19.4 Å². The summed E-state index contributed by atoms with van der Waals surface area (Å²) < 4.78 is 5.59. The zero-order chi connectivity index (χ0) is 12.2. The maximum Gasteiger partial charge on any atom is 0.133 e. The number of rotatable bonds is 11. The van der Waals surface area contributed by atoms with Crippen molar-refractivity contribution in [1.82, 2.24) is 0 Å². The molecule has 0 aliphatic heterocycles. The topological polar surface area (TPSA) is 9.23 Å². The zero-order valence-corrected chi connectivity index (χ0v) is 12.1. The number of unbranched alkanes of at least 4 members (excludes halogenated alkanes) is 6. The minimum atomic E-state index is -0.0925. The lowest BCUT2D eigenvalue weighted by atomic mass is 10.1. The van der Waals surface area contributed by atoms with E-state index < -0.39 is 0 Å². The van der Waals surface area contributed by atoms with E-state index in [2.05, 4.69) is 20.8 Å². The lowest BCUT2D eigenvalue weighted by Gasteiger charge is -2.16. The average Bonchev–Trinajstić information content (AvgIpc) is 2.31. The molecular weight excluding hydrogens is 220 g/mol. The number of alkyl halides is 1. The highest BCUT2D eigenvalue weighted by atomic mass is 35.5. The standard InChI is InChI=1S/C14H29ClO/c1-4-6-7-8-9-10-11-12-16-14(15)13(3)5-2/h13-14H,4-12H2,1-3H3. The first-order valence-corrected chi connectivity index (χ1v) is 7.41. The third-order valence-electron chi connectivity index (χ3n) is 3.12. The molecule has 0 aliphatic rings. The molecule has 0 rings (SSSR count). The van der Waals surface area contributed by atoms with Crippen molar-refractivity contribution in [3.8, 4) is 0 Å². The van der Waals surface area contributed by atoms with E-state index in [0.29, 0.717) is 5.92 Å². The molecule has 0 aromatic heterocycles. The SMILES string of the molecule is CCCCCCCCCOC(Cl)C(C)CC. The van der Waals surface area contributed by atoms with Crippen molar-refractivity contribution in [3.63, 3.8) is 0 Å². The van der Waals surface area contributed by atoms with Crippen molar-refractivity contribution >= 4 is 11.6 Å². The van der Waals surface area contributed by atoms with Gasteiger partial charge in [-0.05, 0) is 18.8 Å². The van der Waals surface area contributed by atoms with Gasteiger partial charge in [-0.1, -0.05) is 70.9 Å². The normalized spacial score (nSPS) is 15.0. The number of halogens is 1. The van der Waals surface area contributed by atoms with Crippen LogP contribution in [-0.2, 0) is 4.74 Å². The van der Waals surface area contributed by atoms with E-state index in [1.54, 1.807) is 0 Å². The highest BCUT2D eigenvalue weighted by Gasteiger charge is 2.11. The Morgan fingerprint density at radius 2 is 1.50 bits per heavy atom. The summed E-state index contributed by atoms with van der Waals surface area (Å²) in [5, 5.41) is 0. The van der Waals surface area contributed by atoms with Gasteiger partial charge in [-0.15, -0.1) is 0 Å². The van der Waals surface area contributed by atoms with Gasteiger partial charge in [0.1, 0.15) is 5.56 Å². The Morgan fingerprint density at radius 3 is 2.06 bits per heavy atom. The lowest BCUT2D eigenvalue weighted by molar-refractivity contribution is 0.0691. The molecule has 16 heavy (non-hydrogen) atoms. The van der Waals surface area contributed by atoms with Crippen molar-refractivity contribution in [2.24, 2.45) is 5.92 Å². The van der Waals surface area contributed by atoms with E-state index in [1.807, 2.05) is 0 Å². The Hall–Kier alpha value is 0.250. The van der Waals surface area contributed by atoms with Crippen LogP contribution < -0.4 is 0 Å². The lowest BCUT2D eigenvalue weighted by Crippen LogP contribution is -2.15. The molecule has 0 amide bonds. The molecule has 0 heterocycles. The fraction of sp³-hybridized carbons (Fsp3) is 1.00. The minimum absolute atomic E-state index is 0.0925. The summed E-state index contributed by atoms with van der Waals surface area (Å²) in [5.74, 6) is 0.464. The molecule has 1 nitrogen and oxygen atoms in total. The van der Waals surface area contributed by atoms with Gasteiger partial charge in [-0.3, -0.25) is 0 Å². The van der Waals surface area contributed by atoms with Crippen LogP contribution in [0.4, 0.5) is 0 Å². The second-order valence-corrected chi connectivity index (χ2v) is 5.16.